The molecule has 1 heterocycles. The lowest BCUT2D eigenvalue weighted by atomic mass is 9.90. The van der Waals surface area contributed by atoms with Crippen molar-refractivity contribution in [3.63, 3.8) is 0 Å². The predicted molar refractivity (Wildman–Crippen MR) is 326 cm³/mol. The van der Waals surface area contributed by atoms with Crippen molar-refractivity contribution >= 4 is 60.4 Å². The number of benzene rings is 13. The second kappa shape index (κ2) is 18.4. The summed E-state index contributed by atoms with van der Waals surface area (Å²) in [4.78, 5) is 2.48. The van der Waals surface area contributed by atoms with E-state index in [1.165, 1.54) is 116 Å². The van der Waals surface area contributed by atoms with Crippen LogP contribution in [0.5, 0.6) is 0 Å². The molecule has 77 heavy (non-hydrogen) atoms. The van der Waals surface area contributed by atoms with Crippen LogP contribution < -0.4 is 4.90 Å². The van der Waals surface area contributed by atoms with E-state index in [9.17, 15) is 0 Å². The third-order valence-corrected chi connectivity index (χ3v) is 16.1. The Kier molecular flexibility index (Phi) is 10.6. The van der Waals surface area contributed by atoms with Crippen molar-refractivity contribution in [3.8, 4) is 72.4 Å². The molecule has 0 radical (unpaired) electrons. The highest BCUT2D eigenvalue weighted by Gasteiger charge is 2.29. The van der Waals surface area contributed by atoms with Gasteiger partial charge in [0.2, 0.25) is 0 Å². The SMILES string of the molecule is c1ccc(-n2c3ccccc3c3c(-c4ccccc4-c4ccc(N(c5ccc(-c6ccc(-c7cccc8ccccc78)cc6)cc5)c5ccc(-c6cccc7ccccc67)c6c5-c5ccccc5C6)cc4)cccc32)cc1. The first-order valence-corrected chi connectivity index (χ1v) is 26.7. The summed E-state index contributed by atoms with van der Waals surface area (Å²) in [6.45, 7) is 0. The molecule has 0 saturated heterocycles. The summed E-state index contributed by atoms with van der Waals surface area (Å²) < 4.78 is 2.40. The fourth-order valence-corrected chi connectivity index (χ4v) is 12.5. The average Bonchev–Trinajstić information content (AvgIpc) is 4.14. The standard InChI is InChI=1S/C75H50N2/c1-2-22-57(23-3-1)77-71-33-13-12-29-69(71)75-68(32-16-34-72(75)77)66-28-11-10-26-63(66)55-41-45-59(46-42-55)76(58-43-39-51(40-44-58)50-35-37-54(38-36-50)61-30-14-20-52-17-4-7-24-60(52)61)73-48-47-67(65-31-15-21-53-18-5-8-25-62(53)65)70-49-56-19-6-9-27-64(56)74(70)73/h1-48H,49H2. The number of para-hydroxylation sites is 2. The van der Waals surface area contributed by atoms with E-state index in [1.54, 1.807) is 0 Å². The minimum absolute atomic E-state index is 0.867. The molecular weight excluding hydrogens is 929 g/mol. The zero-order valence-corrected chi connectivity index (χ0v) is 42.3. The number of hydrogen-bond acceptors (Lipinski definition) is 1. The Morgan fingerprint density at radius 1 is 0.286 bits per heavy atom. The summed E-state index contributed by atoms with van der Waals surface area (Å²) in [6.07, 6.45) is 0.867. The fraction of sp³-hybridized carbons (Fsp3) is 0.0133. The maximum atomic E-state index is 2.48. The lowest BCUT2D eigenvalue weighted by molar-refractivity contribution is 1.18. The van der Waals surface area contributed by atoms with E-state index in [2.05, 4.69) is 301 Å². The Hall–Kier alpha value is -10.0. The second-order valence-corrected chi connectivity index (χ2v) is 20.3. The summed E-state index contributed by atoms with van der Waals surface area (Å²) in [5.41, 5.74) is 24.4. The third-order valence-electron chi connectivity index (χ3n) is 16.1. The van der Waals surface area contributed by atoms with Crippen LogP contribution in [0, 0.1) is 0 Å². The zero-order valence-electron chi connectivity index (χ0n) is 42.3. The smallest absolute Gasteiger partial charge is 0.0547 e. The van der Waals surface area contributed by atoms with Gasteiger partial charge in [-0.05, 0) is 155 Å². The van der Waals surface area contributed by atoms with E-state index in [1.807, 2.05) is 0 Å². The summed E-state index contributed by atoms with van der Waals surface area (Å²) in [5, 5.41) is 7.54. The van der Waals surface area contributed by atoms with Gasteiger partial charge in [-0.15, -0.1) is 0 Å². The molecule has 1 aliphatic rings. The summed E-state index contributed by atoms with van der Waals surface area (Å²) in [7, 11) is 0. The Labute approximate surface area is 448 Å². The molecule has 0 fully saturated rings. The molecule has 15 rings (SSSR count). The zero-order chi connectivity index (χ0) is 50.8. The maximum absolute atomic E-state index is 2.48. The average molecular weight is 979 g/mol. The lowest BCUT2D eigenvalue weighted by Gasteiger charge is -2.29. The first-order chi connectivity index (χ1) is 38.2. The first kappa shape index (κ1) is 44.5. The van der Waals surface area contributed by atoms with Crippen molar-refractivity contribution in [3.05, 3.63) is 302 Å². The van der Waals surface area contributed by atoms with Crippen molar-refractivity contribution in [2.45, 2.75) is 6.42 Å². The van der Waals surface area contributed by atoms with Gasteiger partial charge in [0.1, 0.15) is 0 Å². The van der Waals surface area contributed by atoms with Crippen LogP contribution in [0.2, 0.25) is 0 Å². The highest BCUT2D eigenvalue weighted by atomic mass is 15.1. The molecule has 0 saturated carbocycles. The number of anilines is 3. The number of fused-ring (bicyclic) bond motifs is 8. The Bertz CT molecular complexity index is 4550. The lowest BCUT2D eigenvalue weighted by Crippen LogP contribution is -2.12. The van der Waals surface area contributed by atoms with Crippen molar-refractivity contribution in [2.75, 3.05) is 4.90 Å². The van der Waals surface area contributed by atoms with Gasteiger partial charge in [-0.3, -0.25) is 0 Å². The van der Waals surface area contributed by atoms with Gasteiger partial charge in [0.25, 0.3) is 0 Å². The highest BCUT2D eigenvalue weighted by Crippen LogP contribution is 2.52. The monoisotopic (exact) mass is 978 g/mol. The van der Waals surface area contributed by atoms with Gasteiger partial charge in [0.15, 0.2) is 0 Å². The number of hydrogen-bond donors (Lipinski definition) is 0. The summed E-state index contributed by atoms with van der Waals surface area (Å²) in [5.74, 6) is 0. The van der Waals surface area contributed by atoms with Gasteiger partial charge in [-0.1, -0.05) is 237 Å². The predicted octanol–water partition coefficient (Wildman–Crippen LogP) is 20.5. The molecule has 0 bridgehead atoms. The van der Waals surface area contributed by atoms with E-state index < -0.39 is 0 Å². The first-order valence-electron chi connectivity index (χ1n) is 26.7. The Balaban J connectivity index is 0.865. The van der Waals surface area contributed by atoms with Crippen molar-refractivity contribution in [1.82, 2.24) is 4.57 Å². The van der Waals surface area contributed by atoms with Crippen LogP contribution in [0.15, 0.2) is 291 Å². The molecular formula is C75H50N2. The minimum atomic E-state index is 0.867. The van der Waals surface area contributed by atoms with Crippen LogP contribution in [0.3, 0.4) is 0 Å². The Morgan fingerprint density at radius 3 is 1.49 bits per heavy atom. The van der Waals surface area contributed by atoms with Crippen molar-refractivity contribution < 1.29 is 0 Å². The van der Waals surface area contributed by atoms with E-state index in [0.29, 0.717) is 0 Å². The van der Waals surface area contributed by atoms with Crippen LogP contribution in [-0.4, -0.2) is 4.57 Å². The fourth-order valence-electron chi connectivity index (χ4n) is 12.5. The summed E-state index contributed by atoms with van der Waals surface area (Å²) >= 11 is 0. The highest BCUT2D eigenvalue weighted by molar-refractivity contribution is 6.17. The number of nitrogens with zero attached hydrogens (tertiary/aromatic N) is 2. The van der Waals surface area contributed by atoms with Crippen LogP contribution >= 0.6 is 0 Å². The van der Waals surface area contributed by atoms with E-state index in [-0.39, 0.29) is 0 Å². The molecule has 0 aliphatic heterocycles. The molecule has 2 nitrogen and oxygen atoms in total. The Morgan fingerprint density at radius 2 is 0.766 bits per heavy atom. The molecule has 0 N–H and O–H groups in total. The summed E-state index contributed by atoms with van der Waals surface area (Å²) in [6, 6.07) is 107. The molecule has 0 atom stereocenters. The van der Waals surface area contributed by atoms with Crippen LogP contribution in [0.1, 0.15) is 11.1 Å². The molecule has 14 aromatic rings. The molecule has 1 aliphatic carbocycles. The van der Waals surface area contributed by atoms with Gasteiger partial charge < -0.3 is 9.47 Å². The van der Waals surface area contributed by atoms with Gasteiger partial charge in [0, 0.05) is 33.4 Å². The van der Waals surface area contributed by atoms with Gasteiger partial charge in [-0.2, -0.15) is 0 Å². The topological polar surface area (TPSA) is 8.17 Å². The molecule has 0 amide bonds. The molecule has 13 aromatic carbocycles. The minimum Gasteiger partial charge on any atom is -0.310 e. The normalized spacial score (nSPS) is 11.8. The quantitative estimate of drug-likeness (QED) is 0.140. The molecule has 2 heteroatoms. The molecule has 1 aromatic heterocycles. The second-order valence-electron chi connectivity index (χ2n) is 20.3. The van der Waals surface area contributed by atoms with E-state index >= 15 is 0 Å². The number of aromatic nitrogens is 1. The van der Waals surface area contributed by atoms with E-state index in [4.69, 9.17) is 0 Å². The number of rotatable bonds is 9. The van der Waals surface area contributed by atoms with Crippen molar-refractivity contribution in [1.29, 1.82) is 0 Å². The van der Waals surface area contributed by atoms with Gasteiger partial charge in [-0.25, -0.2) is 0 Å². The molecule has 0 spiro atoms. The maximum Gasteiger partial charge on any atom is 0.0547 e. The largest absolute Gasteiger partial charge is 0.310 e. The van der Waals surface area contributed by atoms with Gasteiger partial charge >= 0.3 is 0 Å². The van der Waals surface area contributed by atoms with Crippen LogP contribution in [-0.2, 0) is 6.42 Å². The van der Waals surface area contributed by atoms with Crippen molar-refractivity contribution in [2.24, 2.45) is 0 Å². The van der Waals surface area contributed by atoms with Gasteiger partial charge in [0.05, 0.1) is 16.7 Å². The van der Waals surface area contributed by atoms with Crippen LogP contribution in [0.25, 0.3) is 116 Å². The molecule has 360 valence electrons. The molecule has 0 unspecified atom stereocenters. The third kappa shape index (κ3) is 7.48. The van der Waals surface area contributed by atoms with Crippen LogP contribution in [0.4, 0.5) is 17.1 Å². The van der Waals surface area contributed by atoms with E-state index in [0.717, 1.165) is 34.7 Å².